The highest BCUT2D eigenvalue weighted by Crippen LogP contribution is 2.24. The molecule has 1 heterocycles. The van der Waals surface area contributed by atoms with Gasteiger partial charge in [0.2, 0.25) is 0 Å². The van der Waals surface area contributed by atoms with Crippen molar-refractivity contribution in [3.63, 3.8) is 0 Å². The van der Waals surface area contributed by atoms with Crippen LogP contribution in [0.2, 0.25) is 0 Å². The molecule has 0 unspecified atom stereocenters. The maximum Gasteiger partial charge on any atom is 0.267 e. The number of thioether (sulfide) groups is 1. The lowest BCUT2D eigenvalue weighted by Crippen LogP contribution is -2.29. The van der Waals surface area contributed by atoms with Crippen LogP contribution >= 0.6 is 27.7 Å². The van der Waals surface area contributed by atoms with Gasteiger partial charge in [0.15, 0.2) is 0 Å². The summed E-state index contributed by atoms with van der Waals surface area (Å²) >= 11 is 5.16. The summed E-state index contributed by atoms with van der Waals surface area (Å²) < 4.78 is 1.07. The third kappa shape index (κ3) is 4.44. The summed E-state index contributed by atoms with van der Waals surface area (Å²) in [6.45, 7) is 2.74. The topological polar surface area (TPSA) is 44.9 Å². The third-order valence-corrected chi connectivity index (χ3v) is 4.19. The fraction of sp³-hybridized carbons (Fsp3) is 0.214. The van der Waals surface area contributed by atoms with Crippen molar-refractivity contribution in [1.29, 1.82) is 0 Å². The van der Waals surface area contributed by atoms with Gasteiger partial charge < -0.3 is 10.3 Å². The van der Waals surface area contributed by atoms with E-state index < -0.39 is 0 Å². The molecule has 5 heteroatoms. The van der Waals surface area contributed by atoms with E-state index in [9.17, 15) is 4.79 Å². The molecule has 0 saturated heterocycles. The van der Waals surface area contributed by atoms with Gasteiger partial charge in [0.25, 0.3) is 5.91 Å². The van der Waals surface area contributed by atoms with E-state index in [4.69, 9.17) is 0 Å². The summed E-state index contributed by atoms with van der Waals surface area (Å²) in [6, 6.07) is 11.8. The van der Waals surface area contributed by atoms with Gasteiger partial charge in [-0.1, -0.05) is 22.9 Å². The minimum Gasteiger partial charge on any atom is -0.357 e. The molecule has 2 N–H and O–H groups in total. The van der Waals surface area contributed by atoms with Crippen molar-refractivity contribution in [2.75, 3.05) is 6.54 Å². The quantitative estimate of drug-likeness (QED) is 0.816. The molecule has 3 nitrogen and oxygen atoms in total. The summed E-state index contributed by atoms with van der Waals surface area (Å²) in [4.78, 5) is 15.8. The molecule has 0 aliphatic rings. The van der Waals surface area contributed by atoms with Crippen LogP contribution < -0.4 is 5.32 Å². The Morgan fingerprint density at radius 1 is 1.37 bits per heavy atom. The summed E-state index contributed by atoms with van der Waals surface area (Å²) in [5, 5.41) is 3.24. The maximum atomic E-state index is 11.7. The lowest BCUT2D eigenvalue weighted by molar-refractivity contribution is 0.0950. The number of aromatic nitrogens is 1. The molecular formula is C14H15BrN2OS. The number of carbonyl (C=O) groups is 1. The molecule has 0 aliphatic heterocycles. The second-order valence-corrected chi connectivity index (χ2v) is 6.60. The highest BCUT2D eigenvalue weighted by atomic mass is 79.9. The Bertz CT molecular complexity index is 525. The average molecular weight is 339 g/mol. The first-order valence-electron chi connectivity index (χ1n) is 5.99. The second-order valence-electron chi connectivity index (χ2n) is 4.18. The predicted octanol–water partition coefficient (Wildman–Crippen LogP) is 3.69. The normalized spacial score (nSPS) is 12.1. The molecule has 100 valence electrons. The molecule has 2 aromatic rings. The van der Waals surface area contributed by atoms with Crippen LogP contribution in [-0.2, 0) is 0 Å². The number of rotatable bonds is 5. The van der Waals surface area contributed by atoms with Gasteiger partial charge in [0, 0.05) is 27.4 Å². The van der Waals surface area contributed by atoms with Gasteiger partial charge in [0.1, 0.15) is 5.69 Å². The number of amides is 1. The van der Waals surface area contributed by atoms with Crippen LogP contribution in [0.25, 0.3) is 0 Å². The molecule has 19 heavy (non-hydrogen) atoms. The van der Waals surface area contributed by atoms with E-state index in [1.54, 1.807) is 24.0 Å². The highest BCUT2D eigenvalue weighted by Gasteiger charge is 2.09. The molecule has 0 bridgehead atoms. The van der Waals surface area contributed by atoms with E-state index in [0.29, 0.717) is 17.5 Å². The average Bonchev–Trinajstić information content (AvgIpc) is 2.93. The Kier molecular flexibility index (Phi) is 5.10. The van der Waals surface area contributed by atoms with Crippen molar-refractivity contribution in [2.45, 2.75) is 17.1 Å². The van der Waals surface area contributed by atoms with Gasteiger partial charge in [-0.05, 0) is 36.4 Å². The summed E-state index contributed by atoms with van der Waals surface area (Å²) in [6.07, 6.45) is 1.74. The first-order valence-corrected chi connectivity index (χ1v) is 7.66. The van der Waals surface area contributed by atoms with Crippen LogP contribution in [0.15, 0.2) is 52.0 Å². The first-order chi connectivity index (χ1) is 9.15. The monoisotopic (exact) mass is 338 g/mol. The lowest BCUT2D eigenvalue weighted by Gasteiger charge is -2.12. The van der Waals surface area contributed by atoms with E-state index in [2.05, 4.69) is 45.3 Å². The van der Waals surface area contributed by atoms with E-state index in [1.165, 1.54) is 4.90 Å². The van der Waals surface area contributed by atoms with Gasteiger partial charge >= 0.3 is 0 Å². The molecule has 0 spiro atoms. The summed E-state index contributed by atoms with van der Waals surface area (Å²) in [5.41, 5.74) is 0.598. The molecule has 1 amide bonds. The Morgan fingerprint density at radius 2 is 2.11 bits per heavy atom. The van der Waals surface area contributed by atoms with Crippen LogP contribution in [0.3, 0.4) is 0 Å². The van der Waals surface area contributed by atoms with Crippen LogP contribution in [0.5, 0.6) is 0 Å². The number of hydrogen-bond acceptors (Lipinski definition) is 2. The predicted molar refractivity (Wildman–Crippen MR) is 82.6 cm³/mol. The molecule has 0 fully saturated rings. The highest BCUT2D eigenvalue weighted by molar-refractivity contribution is 9.10. The number of benzene rings is 1. The zero-order chi connectivity index (χ0) is 13.7. The molecule has 2 rings (SSSR count). The van der Waals surface area contributed by atoms with Gasteiger partial charge in [0.05, 0.1) is 0 Å². The fourth-order valence-corrected chi connectivity index (χ4v) is 2.78. The van der Waals surface area contributed by atoms with Crippen LogP contribution in [0, 0.1) is 0 Å². The minimum atomic E-state index is -0.0618. The van der Waals surface area contributed by atoms with Gasteiger partial charge in [-0.3, -0.25) is 4.79 Å². The standard InChI is InChI=1S/C14H15BrN2OS/c1-10(19-12-6-4-11(15)5-7-12)9-17-14(18)13-3-2-8-16-13/h2-8,10,16H,9H2,1H3,(H,17,18)/t10-/m0/s1. The molecule has 0 saturated carbocycles. The van der Waals surface area contributed by atoms with Crippen molar-refractivity contribution in [3.8, 4) is 0 Å². The van der Waals surface area contributed by atoms with Crippen LogP contribution in [0.4, 0.5) is 0 Å². The molecule has 0 aliphatic carbocycles. The Labute approximate surface area is 125 Å². The Hall–Kier alpha value is -1.20. The number of carbonyl (C=O) groups excluding carboxylic acids is 1. The number of halogens is 1. The van der Waals surface area contributed by atoms with Gasteiger partial charge in [-0.25, -0.2) is 0 Å². The largest absolute Gasteiger partial charge is 0.357 e. The van der Waals surface area contributed by atoms with Gasteiger partial charge in [-0.15, -0.1) is 11.8 Å². The second kappa shape index (κ2) is 6.82. The van der Waals surface area contributed by atoms with E-state index in [-0.39, 0.29) is 5.91 Å². The molecule has 1 aromatic heterocycles. The van der Waals surface area contributed by atoms with E-state index in [1.807, 2.05) is 18.2 Å². The summed E-state index contributed by atoms with van der Waals surface area (Å²) in [5.74, 6) is -0.0618. The minimum absolute atomic E-state index is 0.0618. The lowest BCUT2D eigenvalue weighted by atomic mass is 10.4. The molecule has 1 aromatic carbocycles. The van der Waals surface area contributed by atoms with E-state index in [0.717, 1.165) is 4.47 Å². The van der Waals surface area contributed by atoms with Crippen molar-refractivity contribution < 1.29 is 4.79 Å². The molecule has 1 atom stereocenters. The molecule has 0 radical (unpaired) electrons. The maximum absolute atomic E-state index is 11.7. The van der Waals surface area contributed by atoms with Gasteiger partial charge in [-0.2, -0.15) is 0 Å². The van der Waals surface area contributed by atoms with Crippen molar-refractivity contribution in [1.82, 2.24) is 10.3 Å². The smallest absolute Gasteiger partial charge is 0.267 e. The molecular weight excluding hydrogens is 324 g/mol. The number of hydrogen-bond donors (Lipinski definition) is 2. The zero-order valence-corrected chi connectivity index (χ0v) is 12.9. The van der Waals surface area contributed by atoms with Crippen molar-refractivity contribution >= 4 is 33.6 Å². The fourth-order valence-electron chi connectivity index (χ4n) is 1.59. The number of nitrogens with one attached hydrogen (secondary N) is 2. The van der Waals surface area contributed by atoms with Crippen molar-refractivity contribution in [3.05, 3.63) is 52.8 Å². The SMILES string of the molecule is C[C@@H](CNC(=O)c1ccc[nH]1)Sc1ccc(Br)cc1. The number of aromatic amines is 1. The van der Waals surface area contributed by atoms with Crippen molar-refractivity contribution in [2.24, 2.45) is 0 Å². The Morgan fingerprint density at radius 3 is 2.74 bits per heavy atom. The van der Waals surface area contributed by atoms with Crippen LogP contribution in [0.1, 0.15) is 17.4 Å². The van der Waals surface area contributed by atoms with Crippen LogP contribution in [-0.4, -0.2) is 22.7 Å². The zero-order valence-electron chi connectivity index (χ0n) is 10.5. The summed E-state index contributed by atoms with van der Waals surface area (Å²) in [7, 11) is 0. The van der Waals surface area contributed by atoms with E-state index >= 15 is 0 Å². The number of H-pyrrole nitrogens is 1. The first kappa shape index (κ1) is 14.2. The third-order valence-electron chi connectivity index (χ3n) is 2.54. The Balaban J connectivity index is 1.80.